The Bertz CT molecular complexity index is 694. The molecule has 3 heterocycles. The van der Waals surface area contributed by atoms with Gasteiger partial charge in [-0.15, -0.1) is 28.0 Å². The Kier molecular flexibility index (Phi) is 3.75. The van der Waals surface area contributed by atoms with Gasteiger partial charge < -0.3 is 0 Å². The summed E-state index contributed by atoms with van der Waals surface area (Å²) in [5, 5.41) is 8.39. The third-order valence-corrected chi connectivity index (χ3v) is 4.34. The zero-order chi connectivity index (χ0) is 13.9. The van der Waals surface area contributed by atoms with Crippen LogP contribution in [0.4, 0.5) is 0 Å². The van der Waals surface area contributed by atoms with Gasteiger partial charge in [-0.1, -0.05) is 5.21 Å². The van der Waals surface area contributed by atoms with Gasteiger partial charge in [-0.05, 0) is 19.1 Å². The maximum absolute atomic E-state index is 6.10. The molecular weight excluding hydrogens is 294 g/mol. The number of pyridine rings is 1. The van der Waals surface area contributed by atoms with Crippen LogP contribution < -0.4 is 0 Å². The average Bonchev–Trinajstić information content (AvgIpc) is 3.12. The molecule has 0 spiro atoms. The van der Waals surface area contributed by atoms with Crippen molar-refractivity contribution in [2.45, 2.75) is 13.0 Å². The van der Waals surface area contributed by atoms with Crippen molar-refractivity contribution < 1.29 is 0 Å². The molecule has 0 aliphatic heterocycles. The molecule has 0 fully saturated rings. The molecule has 20 heavy (non-hydrogen) atoms. The lowest BCUT2D eigenvalue weighted by Gasteiger charge is -2.12. The molecule has 0 aromatic carbocycles. The van der Waals surface area contributed by atoms with Gasteiger partial charge >= 0.3 is 0 Å². The van der Waals surface area contributed by atoms with Crippen LogP contribution >= 0.6 is 22.9 Å². The summed E-state index contributed by atoms with van der Waals surface area (Å²) in [4.78, 5) is 9.47. The Labute approximate surface area is 125 Å². The van der Waals surface area contributed by atoms with Crippen LogP contribution in [0.15, 0.2) is 36.2 Å². The Morgan fingerprint density at radius 1 is 1.45 bits per heavy atom. The number of alkyl halides is 1. The molecule has 5 nitrogen and oxygen atoms in total. The number of aromatic nitrogens is 5. The highest BCUT2D eigenvalue weighted by atomic mass is 35.5. The van der Waals surface area contributed by atoms with E-state index < -0.39 is 0 Å². The highest BCUT2D eigenvalue weighted by Gasteiger charge is 2.19. The van der Waals surface area contributed by atoms with Gasteiger partial charge in [0, 0.05) is 23.8 Å². The molecule has 0 N–H and O–H groups in total. The molecule has 1 unspecified atom stereocenters. The fourth-order valence-corrected chi connectivity index (χ4v) is 3.25. The number of hydrogen-bond acceptors (Lipinski definition) is 5. The number of rotatable bonds is 4. The lowest BCUT2D eigenvalue weighted by atomic mass is 10.2. The van der Waals surface area contributed by atoms with Crippen LogP contribution in [0.5, 0.6) is 0 Å². The van der Waals surface area contributed by atoms with E-state index in [0.29, 0.717) is 5.88 Å². The van der Waals surface area contributed by atoms with E-state index in [9.17, 15) is 0 Å². The second kappa shape index (κ2) is 5.68. The molecular formula is C13H12ClN5S. The lowest BCUT2D eigenvalue weighted by molar-refractivity contribution is 0.552. The SMILES string of the molecule is Cc1ncsc1C(CCl)n1cc(-c2cccnc2)nn1. The van der Waals surface area contributed by atoms with Gasteiger partial charge in [0.25, 0.3) is 0 Å². The molecule has 3 aromatic heterocycles. The Hall–Kier alpha value is -1.79. The van der Waals surface area contributed by atoms with Crippen LogP contribution in [-0.2, 0) is 0 Å². The van der Waals surface area contributed by atoms with Gasteiger partial charge in [0.15, 0.2) is 0 Å². The molecule has 0 aliphatic rings. The molecule has 0 radical (unpaired) electrons. The fourth-order valence-electron chi connectivity index (χ4n) is 1.97. The number of aryl methyl sites for hydroxylation is 1. The first-order valence-corrected chi connectivity index (χ1v) is 7.49. The third kappa shape index (κ3) is 2.44. The van der Waals surface area contributed by atoms with E-state index in [1.165, 1.54) is 0 Å². The molecule has 3 rings (SSSR count). The molecule has 3 aromatic rings. The first kappa shape index (κ1) is 13.2. The first-order valence-electron chi connectivity index (χ1n) is 6.07. The van der Waals surface area contributed by atoms with Crippen LogP contribution in [-0.4, -0.2) is 30.8 Å². The van der Waals surface area contributed by atoms with Gasteiger partial charge in [0.1, 0.15) is 11.7 Å². The minimum absolute atomic E-state index is 0.0397. The molecule has 0 amide bonds. The monoisotopic (exact) mass is 305 g/mol. The van der Waals surface area contributed by atoms with Gasteiger partial charge in [-0.25, -0.2) is 9.67 Å². The van der Waals surface area contributed by atoms with Crippen molar-refractivity contribution in [3.05, 3.63) is 46.8 Å². The second-order valence-corrected chi connectivity index (χ2v) is 5.49. The smallest absolute Gasteiger partial charge is 0.114 e. The van der Waals surface area contributed by atoms with Crippen LogP contribution in [0.2, 0.25) is 0 Å². The van der Waals surface area contributed by atoms with Gasteiger partial charge in [0.2, 0.25) is 0 Å². The summed E-state index contributed by atoms with van der Waals surface area (Å²) >= 11 is 7.68. The summed E-state index contributed by atoms with van der Waals surface area (Å²) in [7, 11) is 0. The summed E-state index contributed by atoms with van der Waals surface area (Å²) in [6.45, 7) is 1.98. The van der Waals surface area contributed by atoms with Crippen molar-refractivity contribution in [3.8, 4) is 11.3 Å². The molecule has 0 bridgehead atoms. The highest BCUT2D eigenvalue weighted by molar-refractivity contribution is 7.09. The molecule has 0 saturated carbocycles. The van der Waals surface area contributed by atoms with E-state index in [0.717, 1.165) is 21.8 Å². The van der Waals surface area contributed by atoms with Crippen molar-refractivity contribution in [2.75, 3.05) is 5.88 Å². The first-order chi connectivity index (χ1) is 9.79. The topological polar surface area (TPSA) is 56.5 Å². The summed E-state index contributed by atoms with van der Waals surface area (Å²) in [6.07, 6.45) is 5.39. The van der Waals surface area contributed by atoms with E-state index in [1.807, 2.05) is 30.8 Å². The second-order valence-electron chi connectivity index (χ2n) is 4.30. The maximum atomic E-state index is 6.10. The quantitative estimate of drug-likeness (QED) is 0.695. The Balaban J connectivity index is 1.95. The summed E-state index contributed by atoms with van der Waals surface area (Å²) in [5.41, 5.74) is 4.53. The van der Waals surface area contributed by atoms with Crippen LogP contribution in [0, 0.1) is 6.92 Å². The van der Waals surface area contributed by atoms with Crippen LogP contribution in [0.1, 0.15) is 16.6 Å². The summed E-state index contributed by atoms with van der Waals surface area (Å²) < 4.78 is 1.79. The minimum Gasteiger partial charge on any atom is -0.264 e. The predicted octanol–water partition coefficient (Wildman–Crippen LogP) is 2.93. The normalized spacial score (nSPS) is 12.5. The number of nitrogens with zero attached hydrogens (tertiary/aromatic N) is 5. The van der Waals surface area contributed by atoms with Crippen molar-refractivity contribution in [3.63, 3.8) is 0 Å². The van der Waals surface area contributed by atoms with Crippen molar-refractivity contribution in [1.29, 1.82) is 0 Å². The predicted molar refractivity (Wildman–Crippen MR) is 79.0 cm³/mol. The Morgan fingerprint density at radius 3 is 3.00 bits per heavy atom. The molecule has 0 saturated heterocycles. The fraction of sp³-hybridized carbons (Fsp3) is 0.231. The Morgan fingerprint density at radius 2 is 2.35 bits per heavy atom. The molecule has 7 heteroatoms. The van der Waals surface area contributed by atoms with Gasteiger partial charge in [0.05, 0.1) is 22.3 Å². The standard InChI is InChI=1S/C13H12ClN5S/c1-9-13(20-8-16-9)12(5-14)19-7-11(17-18-19)10-3-2-4-15-6-10/h2-4,6-8,12H,5H2,1H3. The molecule has 0 aliphatic carbocycles. The summed E-state index contributed by atoms with van der Waals surface area (Å²) in [6, 6.07) is 3.79. The van der Waals surface area contributed by atoms with E-state index in [1.54, 1.807) is 28.4 Å². The van der Waals surface area contributed by atoms with E-state index >= 15 is 0 Å². The van der Waals surface area contributed by atoms with Crippen molar-refractivity contribution in [2.24, 2.45) is 0 Å². The zero-order valence-corrected chi connectivity index (χ0v) is 12.3. The average molecular weight is 306 g/mol. The van der Waals surface area contributed by atoms with Crippen molar-refractivity contribution in [1.82, 2.24) is 25.0 Å². The highest BCUT2D eigenvalue weighted by Crippen LogP contribution is 2.27. The van der Waals surface area contributed by atoms with E-state index in [4.69, 9.17) is 11.6 Å². The van der Waals surface area contributed by atoms with Crippen LogP contribution in [0.25, 0.3) is 11.3 Å². The van der Waals surface area contributed by atoms with E-state index in [-0.39, 0.29) is 6.04 Å². The van der Waals surface area contributed by atoms with Crippen molar-refractivity contribution >= 4 is 22.9 Å². The van der Waals surface area contributed by atoms with Crippen LogP contribution in [0.3, 0.4) is 0 Å². The lowest BCUT2D eigenvalue weighted by Crippen LogP contribution is -2.12. The number of hydrogen-bond donors (Lipinski definition) is 0. The maximum Gasteiger partial charge on any atom is 0.114 e. The largest absolute Gasteiger partial charge is 0.264 e. The third-order valence-electron chi connectivity index (χ3n) is 3.02. The van der Waals surface area contributed by atoms with Gasteiger partial charge in [-0.3, -0.25) is 4.98 Å². The minimum atomic E-state index is -0.0397. The zero-order valence-electron chi connectivity index (χ0n) is 10.8. The number of thiazole rings is 1. The van der Waals surface area contributed by atoms with E-state index in [2.05, 4.69) is 20.3 Å². The number of halogens is 1. The molecule has 102 valence electrons. The summed E-state index contributed by atoms with van der Waals surface area (Å²) in [5.74, 6) is 0.429. The molecule has 1 atom stereocenters. The van der Waals surface area contributed by atoms with Gasteiger partial charge in [-0.2, -0.15) is 0 Å².